The number of furan rings is 1. The normalized spacial score (nSPS) is 14.7. The van der Waals surface area contributed by atoms with Gasteiger partial charge in [0.05, 0.1) is 0 Å². The molecule has 0 bridgehead atoms. The van der Waals surface area contributed by atoms with Crippen LogP contribution in [0.2, 0.25) is 0 Å². The molecule has 0 aliphatic rings. The van der Waals surface area contributed by atoms with Gasteiger partial charge in [0.2, 0.25) is 0 Å². The Labute approximate surface area is 122 Å². The van der Waals surface area contributed by atoms with E-state index in [1.54, 1.807) is 19.1 Å². The van der Waals surface area contributed by atoms with Crippen LogP contribution in [0.4, 0.5) is 5.13 Å². The highest BCUT2D eigenvalue weighted by atomic mass is 32.1. The topological polar surface area (TPSA) is 89.3 Å². The lowest BCUT2D eigenvalue weighted by Crippen LogP contribution is -2.02. The molecule has 3 N–H and O–H groups in total. The molecule has 0 radical (unpaired) electrons. The third-order valence-corrected chi connectivity index (χ3v) is 5.60. The second kappa shape index (κ2) is 5.72. The van der Waals surface area contributed by atoms with Crippen LogP contribution in [-0.4, -0.2) is 16.0 Å². The molecule has 7 heteroatoms. The number of nitrogen functional groups attached to an aromatic ring is 1. The highest BCUT2D eigenvalue weighted by Crippen LogP contribution is 2.41. The van der Waals surface area contributed by atoms with Gasteiger partial charge >= 0.3 is 0 Å². The molecule has 0 aromatic carbocycles. The Morgan fingerprint density at radius 3 is 2.80 bits per heavy atom. The van der Waals surface area contributed by atoms with E-state index in [9.17, 15) is 9.46 Å². The summed E-state index contributed by atoms with van der Waals surface area (Å²) in [6.07, 6.45) is 1.00. The van der Waals surface area contributed by atoms with Crippen LogP contribution < -0.4 is 11.2 Å². The maximum atomic E-state index is 11.9. The largest absolute Gasteiger partial charge is 0.449 e. The van der Waals surface area contributed by atoms with Gasteiger partial charge in [-0.2, -0.15) is 0 Å². The summed E-state index contributed by atoms with van der Waals surface area (Å²) in [6, 6.07) is 3.24. The van der Waals surface area contributed by atoms with Crippen molar-refractivity contribution in [2.24, 2.45) is 5.92 Å². The van der Waals surface area contributed by atoms with Crippen molar-refractivity contribution in [3.63, 3.8) is 0 Å². The molecule has 0 amide bonds. The SMILES string of the molecule is CCP(=O)(O)c1ccc(-c2nc(N)sc2CC(C)C)o1. The summed E-state index contributed by atoms with van der Waals surface area (Å²) in [6.45, 7) is 5.90. The first kappa shape index (κ1) is 15.3. The van der Waals surface area contributed by atoms with Gasteiger partial charge in [0.25, 0.3) is 7.37 Å². The Balaban J connectivity index is 2.40. The fourth-order valence-electron chi connectivity index (χ4n) is 1.87. The fourth-order valence-corrected chi connectivity index (χ4v) is 3.78. The molecular formula is C13H19N2O3PS. The van der Waals surface area contributed by atoms with Crippen molar-refractivity contribution in [1.29, 1.82) is 0 Å². The monoisotopic (exact) mass is 314 g/mol. The van der Waals surface area contributed by atoms with Gasteiger partial charge in [-0.25, -0.2) is 4.98 Å². The number of anilines is 1. The first-order chi connectivity index (χ1) is 9.33. The smallest absolute Gasteiger partial charge is 0.263 e. The number of aromatic nitrogens is 1. The van der Waals surface area contributed by atoms with Crippen molar-refractivity contribution in [2.75, 3.05) is 11.9 Å². The van der Waals surface area contributed by atoms with Crippen LogP contribution >= 0.6 is 18.7 Å². The Kier molecular flexibility index (Phi) is 4.37. The molecule has 0 saturated carbocycles. The van der Waals surface area contributed by atoms with E-state index in [0.717, 1.165) is 11.3 Å². The number of nitrogens with zero attached hydrogens (tertiary/aromatic N) is 1. The predicted molar refractivity (Wildman–Crippen MR) is 82.8 cm³/mol. The lowest BCUT2D eigenvalue weighted by Gasteiger charge is -2.05. The van der Waals surface area contributed by atoms with Crippen LogP contribution in [0.3, 0.4) is 0 Å². The summed E-state index contributed by atoms with van der Waals surface area (Å²) in [5.74, 6) is 0.981. The Morgan fingerprint density at radius 2 is 2.20 bits per heavy atom. The van der Waals surface area contributed by atoms with Crippen LogP contribution in [0.15, 0.2) is 16.5 Å². The van der Waals surface area contributed by atoms with Crippen LogP contribution in [0.25, 0.3) is 11.5 Å². The average molecular weight is 314 g/mol. The molecule has 5 nitrogen and oxygen atoms in total. The van der Waals surface area contributed by atoms with Gasteiger partial charge in [-0.1, -0.05) is 20.8 Å². The Bertz CT molecular complexity index is 648. The van der Waals surface area contributed by atoms with Gasteiger partial charge in [-0.15, -0.1) is 11.3 Å². The number of rotatable bonds is 5. The third-order valence-electron chi connectivity index (χ3n) is 2.91. The zero-order chi connectivity index (χ0) is 14.9. The first-order valence-corrected chi connectivity index (χ1v) is 9.17. The van der Waals surface area contributed by atoms with Crippen LogP contribution in [0.5, 0.6) is 0 Å². The fraction of sp³-hybridized carbons (Fsp3) is 0.462. The van der Waals surface area contributed by atoms with Crippen molar-refractivity contribution in [1.82, 2.24) is 4.98 Å². The molecule has 2 aromatic heterocycles. The van der Waals surface area contributed by atoms with E-state index in [2.05, 4.69) is 18.8 Å². The van der Waals surface area contributed by atoms with E-state index in [0.29, 0.717) is 22.5 Å². The maximum absolute atomic E-state index is 11.9. The zero-order valence-electron chi connectivity index (χ0n) is 11.8. The second-order valence-electron chi connectivity index (χ2n) is 5.08. The summed E-state index contributed by atoms with van der Waals surface area (Å²) < 4.78 is 17.5. The number of hydrogen-bond acceptors (Lipinski definition) is 5. The quantitative estimate of drug-likeness (QED) is 0.828. The molecule has 2 heterocycles. The van der Waals surface area contributed by atoms with E-state index in [-0.39, 0.29) is 11.7 Å². The lowest BCUT2D eigenvalue weighted by atomic mass is 10.1. The van der Waals surface area contributed by atoms with Gasteiger partial charge in [0.15, 0.2) is 16.4 Å². The average Bonchev–Trinajstić information content (AvgIpc) is 2.95. The maximum Gasteiger partial charge on any atom is 0.263 e. The van der Waals surface area contributed by atoms with Gasteiger partial charge in [-0.05, 0) is 24.5 Å². The van der Waals surface area contributed by atoms with Gasteiger partial charge < -0.3 is 15.0 Å². The minimum absolute atomic E-state index is 0.122. The Hall–Kier alpha value is -1.10. The second-order valence-corrected chi connectivity index (χ2v) is 8.67. The molecule has 0 fully saturated rings. The highest BCUT2D eigenvalue weighted by Gasteiger charge is 2.25. The minimum atomic E-state index is -3.38. The molecule has 110 valence electrons. The van der Waals surface area contributed by atoms with Crippen molar-refractivity contribution in [2.45, 2.75) is 27.2 Å². The van der Waals surface area contributed by atoms with Crippen molar-refractivity contribution in [3.05, 3.63) is 17.0 Å². The molecule has 0 saturated heterocycles. The van der Waals surface area contributed by atoms with E-state index in [4.69, 9.17) is 10.2 Å². The number of hydrogen-bond donors (Lipinski definition) is 2. The minimum Gasteiger partial charge on any atom is -0.449 e. The summed E-state index contributed by atoms with van der Waals surface area (Å²) in [5, 5.41) is 0.483. The summed E-state index contributed by atoms with van der Waals surface area (Å²) in [5.41, 5.74) is 6.58. The lowest BCUT2D eigenvalue weighted by molar-refractivity contribution is 0.477. The molecule has 2 rings (SSSR count). The molecule has 0 spiro atoms. The summed E-state index contributed by atoms with van der Waals surface area (Å²) in [7, 11) is -3.38. The van der Waals surface area contributed by atoms with Gasteiger partial charge in [0, 0.05) is 11.0 Å². The molecule has 1 atom stereocenters. The molecule has 0 aliphatic heterocycles. The molecule has 1 unspecified atom stereocenters. The standard InChI is InChI=1S/C13H19N2O3PS/c1-4-19(16,17)11-6-5-9(18-11)12-10(7-8(2)3)20-13(14)15-12/h5-6,8H,4,7H2,1-3H3,(H2,14,15)(H,16,17). The van der Waals surface area contributed by atoms with E-state index < -0.39 is 7.37 Å². The highest BCUT2D eigenvalue weighted by molar-refractivity contribution is 7.65. The van der Waals surface area contributed by atoms with Crippen LogP contribution in [0, 0.1) is 5.92 Å². The zero-order valence-corrected chi connectivity index (χ0v) is 13.5. The Morgan fingerprint density at radius 1 is 1.50 bits per heavy atom. The number of thiazole rings is 1. The van der Waals surface area contributed by atoms with Crippen molar-refractivity contribution in [3.8, 4) is 11.5 Å². The van der Waals surface area contributed by atoms with Gasteiger partial charge in [0.1, 0.15) is 5.69 Å². The first-order valence-electron chi connectivity index (χ1n) is 6.51. The molecular weight excluding hydrogens is 295 g/mol. The van der Waals surface area contributed by atoms with Crippen molar-refractivity contribution < 1.29 is 13.9 Å². The molecule has 2 aromatic rings. The third kappa shape index (κ3) is 3.14. The van der Waals surface area contributed by atoms with E-state index in [1.807, 2.05) is 0 Å². The van der Waals surface area contributed by atoms with Gasteiger partial charge in [-0.3, -0.25) is 4.57 Å². The molecule has 20 heavy (non-hydrogen) atoms. The molecule has 0 aliphatic carbocycles. The predicted octanol–water partition coefficient (Wildman–Crippen LogP) is 3.10. The van der Waals surface area contributed by atoms with Crippen LogP contribution in [0.1, 0.15) is 25.6 Å². The van der Waals surface area contributed by atoms with Crippen LogP contribution in [-0.2, 0) is 11.0 Å². The van der Waals surface area contributed by atoms with E-state index in [1.165, 1.54) is 11.3 Å². The van der Waals surface area contributed by atoms with E-state index >= 15 is 0 Å². The number of nitrogens with two attached hydrogens (primary N) is 1. The summed E-state index contributed by atoms with van der Waals surface area (Å²) in [4.78, 5) is 15.1. The van der Waals surface area contributed by atoms with Crippen molar-refractivity contribution >= 4 is 29.3 Å². The summed E-state index contributed by atoms with van der Waals surface area (Å²) >= 11 is 1.44.